The standard InChI is InChI=1S/C15H21NS/c1-17-14-4-2-12(3-5-14)8-13-6-7-15(9-13)10-16-11-15/h2-5,13,16H,6-11H2,1H3. The van der Waals surface area contributed by atoms with Gasteiger partial charge in [0.1, 0.15) is 0 Å². The average molecular weight is 247 g/mol. The zero-order valence-electron chi connectivity index (χ0n) is 10.5. The Labute approximate surface area is 108 Å². The van der Waals surface area contributed by atoms with Gasteiger partial charge in [0.15, 0.2) is 0 Å². The maximum Gasteiger partial charge on any atom is 0.00693 e. The van der Waals surface area contributed by atoms with Crippen LogP contribution in [0.2, 0.25) is 0 Å². The van der Waals surface area contributed by atoms with Gasteiger partial charge >= 0.3 is 0 Å². The molecule has 1 spiro atoms. The highest BCUT2D eigenvalue weighted by molar-refractivity contribution is 7.98. The molecule has 2 fully saturated rings. The van der Waals surface area contributed by atoms with Crippen LogP contribution in [0.15, 0.2) is 29.2 Å². The lowest BCUT2D eigenvalue weighted by Gasteiger charge is -2.39. The molecular weight excluding hydrogens is 226 g/mol. The second-order valence-corrected chi connectivity index (χ2v) is 6.64. The summed E-state index contributed by atoms with van der Waals surface area (Å²) in [6.45, 7) is 2.55. The summed E-state index contributed by atoms with van der Waals surface area (Å²) in [7, 11) is 0. The quantitative estimate of drug-likeness (QED) is 0.822. The Balaban J connectivity index is 1.59. The van der Waals surface area contributed by atoms with Gasteiger partial charge < -0.3 is 5.32 Å². The first-order valence-electron chi connectivity index (χ1n) is 6.63. The lowest BCUT2D eigenvalue weighted by atomic mass is 9.79. The molecule has 1 saturated carbocycles. The van der Waals surface area contributed by atoms with Gasteiger partial charge in [0.2, 0.25) is 0 Å². The van der Waals surface area contributed by atoms with Crippen LogP contribution in [0, 0.1) is 11.3 Å². The summed E-state index contributed by atoms with van der Waals surface area (Å²) in [6, 6.07) is 9.15. The van der Waals surface area contributed by atoms with Crippen molar-refractivity contribution in [3.05, 3.63) is 29.8 Å². The van der Waals surface area contributed by atoms with Crippen LogP contribution in [0.1, 0.15) is 24.8 Å². The fourth-order valence-corrected chi connectivity index (χ4v) is 3.80. The lowest BCUT2D eigenvalue weighted by Crippen LogP contribution is -2.51. The van der Waals surface area contributed by atoms with Crippen molar-refractivity contribution in [2.24, 2.45) is 11.3 Å². The molecule has 17 heavy (non-hydrogen) atoms. The zero-order valence-corrected chi connectivity index (χ0v) is 11.4. The molecule has 1 aromatic rings. The summed E-state index contributed by atoms with van der Waals surface area (Å²) in [6.07, 6.45) is 7.76. The van der Waals surface area contributed by atoms with Crippen LogP contribution in [0.3, 0.4) is 0 Å². The van der Waals surface area contributed by atoms with Crippen molar-refractivity contribution in [3.63, 3.8) is 0 Å². The van der Waals surface area contributed by atoms with E-state index < -0.39 is 0 Å². The zero-order chi connectivity index (χ0) is 11.7. The van der Waals surface area contributed by atoms with Crippen LogP contribution in [-0.4, -0.2) is 19.3 Å². The van der Waals surface area contributed by atoms with Gasteiger partial charge in [-0.25, -0.2) is 0 Å². The molecule has 1 atom stereocenters. The molecule has 1 unspecified atom stereocenters. The number of hydrogen-bond acceptors (Lipinski definition) is 2. The van der Waals surface area contributed by atoms with Gasteiger partial charge in [-0.2, -0.15) is 0 Å². The number of benzene rings is 1. The molecule has 1 heterocycles. The molecule has 1 aliphatic carbocycles. The predicted molar refractivity (Wildman–Crippen MR) is 74.6 cm³/mol. The smallest absolute Gasteiger partial charge is 0.00693 e. The summed E-state index contributed by atoms with van der Waals surface area (Å²) in [5.41, 5.74) is 2.22. The summed E-state index contributed by atoms with van der Waals surface area (Å²) in [5, 5.41) is 3.44. The van der Waals surface area contributed by atoms with E-state index in [2.05, 4.69) is 35.8 Å². The van der Waals surface area contributed by atoms with Crippen LogP contribution < -0.4 is 5.32 Å². The van der Waals surface area contributed by atoms with E-state index >= 15 is 0 Å². The molecule has 0 radical (unpaired) electrons. The SMILES string of the molecule is CSc1ccc(CC2CCC3(CNC3)C2)cc1. The monoisotopic (exact) mass is 247 g/mol. The normalized spacial score (nSPS) is 26.1. The van der Waals surface area contributed by atoms with E-state index in [1.54, 1.807) is 0 Å². The molecule has 0 aromatic heterocycles. The van der Waals surface area contributed by atoms with Crippen molar-refractivity contribution in [2.75, 3.05) is 19.3 Å². The average Bonchev–Trinajstić information content (AvgIpc) is 2.74. The summed E-state index contributed by atoms with van der Waals surface area (Å²) >= 11 is 1.82. The summed E-state index contributed by atoms with van der Waals surface area (Å²) in [5.74, 6) is 0.928. The number of hydrogen-bond donors (Lipinski definition) is 1. The Kier molecular flexibility index (Phi) is 3.18. The Morgan fingerprint density at radius 3 is 2.59 bits per heavy atom. The van der Waals surface area contributed by atoms with Crippen LogP contribution in [0.5, 0.6) is 0 Å². The van der Waals surface area contributed by atoms with Crippen molar-refractivity contribution >= 4 is 11.8 Å². The van der Waals surface area contributed by atoms with Crippen molar-refractivity contribution in [3.8, 4) is 0 Å². The van der Waals surface area contributed by atoms with Crippen molar-refractivity contribution in [1.29, 1.82) is 0 Å². The Bertz CT molecular complexity index is 380. The van der Waals surface area contributed by atoms with E-state index in [0.717, 1.165) is 5.92 Å². The van der Waals surface area contributed by atoms with E-state index in [9.17, 15) is 0 Å². The van der Waals surface area contributed by atoms with Crippen LogP contribution >= 0.6 is 11.8 Å². The second-order valence-electron chi connectivity index (χ2n) is 5.76. The molecule has 1 nitrogen and oxygen atoms in total. The van der Waals surface area contributed by atoms with Crippen molar-refractivity contribution in [2.45, 2.75) is 30.6 Å². The minimum absolute atomic E-state index is 0.698. The fourth-order valence-electron chi connectivity index (χ4n) is 3.40. The Morgan fingerprint density at radius 1 is 1.29 bits per heavy atom. The second kappa shape index (κ2) is 4.66. The molecule has 1 aliphatic heterocycles. The Morgan fingerprint density at radius 2 is 2.06 bits per heavy atom. The highest BCUT2D eigenvalue weighted by Crippen LogP contribution is 2.45. The highest BCUT2D eigenvalue weighted by atomic mass is 32.2. The van der Waals surface area contributed by atoms with E-state index in [0.29, 0.717) is 5.41 Å². The maximum absolute atomic E-state index is 3.44. The Hall–Kier alpha value is -0.470. The highest BCUT2D eigenvalue weighted by Gasteiger charge is 2.43. The van der Waals surface area contributed by atoms with Crippen LogP contribution in [0.25, 0.3) is 0 Å². The van der Waals surface area contributed by atoms with Gasteiger partial charge in [0.25, 0.3) is 0 Å². The first-order valence-corrected chi connectivity index (χ1v) is 7.86. The largest absolute Gasteiger partial charge is 0.316 e. The molecule has 1 N–H and O–H groups in total. The van der Waals surface area contributed by atoms with Gasteiger partial charge in [-0.3, -0.25) is 0 Å². The number of rotatable bonds is 3. The van der Waals surface area contributed by atoms with Crippen molar-refractivity contribution < 1.29 is 0 Å². The molecule has 92 valence electrons. The van der Waals surface area contributed by atoms with E-state index in [-0.39, 0.29) is 0 Å². The third kappa shape index (κ3) is 2.38. The molecule has 0 bridgehead atoms. The topological polar surface area (TPSA) is 12.0 Å². The molecule has 3 rings (SSSR count). The van der Waals surface area contributed by atoms with E-state index in [4.69, 9.17) is 0 Å². The fraction of sp³-hybridized carbons (Fsp3) is 0.600. The first kappa shape index (κ1) is 11.6. The van der Waals surface area contributed by atoms with Crippen LogP contribution in [-0.2, 0) is 6.42 Å². The first-order chi connectivity index (χ1) is 8.30. The van der Waals surface area contributed by atoms with E-state index in [1.807, 2.05) is 11.8 Å². The summed E-state index contributed by atoms with van der Waals surface area (Å²) < 4.78 is 0. The summed E-state index contributed by atoms with van der Waals surface area (Å²) in [4.78, 5) is 1.37. The van der Waals surface area contributed by atoms with Crippen LogP contribution in [0.4, 0.5) is 0 Å². The van der Waals surface area contributed by atoms with Crippen molar-refractivity contribution in [1.82, 2.24) is 5.32 Å². The van der Waals surface area contributed by atoms with Gasteiger partial charge in [-0.1, -0.05) is 12.1 Å². The lowest BCUT2D eigenvalue weighted by molar-refractivity contribution is 0.170. The van der Waals surface area contributed by atoms with Gasteiger partial charge in [0, 0.05) is 18.0 Å². The van der Waals surface area contributed by atoms with Gasteiger partial charge in [-0.15, -0.1) is 11.8 Å². The van der Waals surface area contributed by atoms with Gasteiger partial charge in [0.05, 0.1) is 0 Å². The number of thioether (sulfide) groups is 1. The molecule has 1 saturated heterocycles. The molecule has 0 amide bonds. The van der Waals surface area contributed by atoms with Gasteiger partial charge in [-0.05, 0) is 61.0 Å². The number of nitrogens with one attached hydrogen (secondary N) is 1. The molecule has 2 aliphatic rings. The molecule has 1 aromatic carbocycles. The van der Waals surface area contributed by atoms with E-state index in [1.165, 1.54) is 49.2 Å². The third-order valence-corrected chi connectivity index (χ3v) is 5.23. The maximum atomic E-state index is 3.44. The predicted octanol–water partition coefficient (Wildman–Crippen LogP) is 3.34. The molecule has 2 heteroatoms. The minimum Gasteiger partial charge on any atom is -0.316 e. The third-order valence-electron chi connectivity index (χ3n) is 4.49. The molecular formula is C15H21NS. The minimum atomic E-state index is 0.698.